The van der Waals surface area contributed by atoms with E-state index in [-0.39, 0.29) is 0 Å². The van der Waals surface area contributed by atoms with Crippen LogP contribution in [0.4, 0.5) is 0 Å². The number of aryl methyl sites for hydroxylation is 1. The summed E-state index contributed by atoms with van der Waals surface area (Å²) >= 11 is 0. The molecule has 1 rings (SSSR count). The van der Waals surface area contributed by atoms with Crippen molar-refractivity contribution >= 4 is 0 Å². The largest absolute Gasteiger partial charge is 0.250 e. The molecule has 0 radical (unpaired) electrons. The fraction of sp³-hybridized carbons (Fsp3) is 0.833. The summed E-state index contributed by atoms with van der Waals surface area (Å²) in [5.41, 5.74) is 0. The predicted octanol–water partition coefficient (Wildman–Crippen LogP) is 5.25. The third kappa shape index (κ3) is 9.17. The van der Waals surface area contributed by atoms with Crippen LogP contribution in [0.15, 0.2) is 18.7 Å². The number of imidazole rings is 1. The second kappa shape index (κ2) is 12.0. The fourth-order valence-electron chi connectivity index (χ4n) is 2.85. The molecule has 0 amide bonds. The summed E-state index contributed by atoms with van der Waals surface area (Å²) in [5.74, 6) is 0.898. The Hall–Kier alpha value is -0.790. The summed E-state index contributed by atoms with van der Waals surface area (Å²) in [5, 5.41) is 0. The Labute approximate surface area is 126 Å². The summed E-state index contributed by atoms with van der Waals surface area (Å²) in [6.45, 7) is 5.87. The van der Waals surface area contributed by atoms with Crippen LogP contribution in [0.25, 0.3) is 0 Å². The first-order valence-corrected chi connectivity index (χ1v) is 8.84. The van der Waals surface area contributed by atoms with Gasteiger partial charge >= 0.3 is 0 Å². The van der Waals surface area contributed by atoms with E-state index < -0.39 is 0 Å². The molecule has 0 aliphatic rings. The highest BCUT2D eigenvalue weighted by Gasteiger charge is 2.03. The van der Waals surface area contributed by atoms with Crippen molar-refractivity contribution < 1.29 is 4.57 Å². The van der Waals surface area contributed by atoms with E-state index >= 15 is 0 Å². The standard InChI is InChI=1S/C18H34N2/c1-3-4-5-6-7-8-9-10-12-18(2)13-11-15-20-16-14-19-17-20/h14,16-18H,3-13,15H2,1-2H3/p+1. The minimum Gasteiger partial charge on any atom is -0.250 e. The van der Waals surface area contributed by atoms with Gasteiger partial charge in [-0.05, 0) is 18.8 Å². The van der Waals surface area contributed by atoms with Crippen LogP contribution in [0.2, 0.25) is 0 Å². The number of aromatic nitrogens is 2. The average molecular weight is 279 g/mol. The molecule has 2 heteroatoms. The van der Waals surface area contributed by atoms with Crippen LogP contribution in [-0.2, 0) is 6.54 Å². The van der Waals surface area contributed by atoms with Crippen LogP contribution in [0.5, 0.6) is 0 Å². The van der Waals surface area contributed by atoms with Gasteiger partial charge in [0.15, 0.2) is 0 Å². The van der Waals surface area contributed by atoms with Gasteiger partial charge in [0.2, 0.25) is 6.33 Å². The summed E-state index contributed by atoms with van der Waals surface area (Å²) in [4.78, 5) is 3.10. The molecule has 0 saturated carbocycles. The quantitative estimate of drug-likeness (QED) is 0.376. The Bertz CT molecular complexity index is 292. The van der Waals surface area contributed by atoms with E-state index in [9.17, 15) is 0 Å². The van der Waals surface area contributed by atoms with Crippen LogP contribution >= 0.6 is 0 Å². The maximum Gasteiger partial charge on any atom is 0.241 e. The molecule has 1 aromatic heterocycles. The lowest BCUT2D eigenvalue weighted by Gasteiger charge is -2.10. The van der Waals surface area contributed by atoms with Gasteiger partial charge in [0, 0.05) is 0 Å². The van der Waals surface area contributed by atoms with Crippen LogP contribution < -0.4 is 4.57 Å². The van der Waals surface area contributed by atoms with Crippen LogP contribution in [-0.4, -0.2) is 4.98 Å². The monoisotopic (exact) mass is 279 g/mol. The lowest BCUT2D eigenvalue weighted by Crippen LogP contribution is -2.30. The molecule has 0 spiro atoms. The van der Waals surface area contributed by atoms with E-state index in [0.29, 0.717) is 0 Å². The van der Waals surface area contributed by atoms with E-state index in [1.54, 1.807) is 0 Å². The number of hydrogen-bond donors (Lipinski definition) is 1. The Morgan fingerprint density at radius 2 is 1.55 bits per heavy atom. The lowest BCUT2D eigenvalue weighted by atomic mass is 9.97. The third-order valence-electron chi connectivity index (χ3n) is 4.27. The van der Waals surface area contributed by atoms with Crippen LogP contribution in [0.1, 0.15) is 84.5 Å². The van der Waals surface area contributed by atoms with Crippen molar-refractivity contribution in [2.24, 2.45) is 5.92 Å². The maximum atomic E-state index is 3.10. The molecule has 116 valence electrons. The zero-order chi connectivity index (χ0) is 14.5. The summed E-state index contributed by atoms with van der Waals surface area (Å²) in [7, 11) is 0. The van der Waals surface area contributed by atoms with E-state index in [4.69, 9.17) is 0 Å². The molecule has 20 heavy (non-hydrogen) atoms. The molecule has 0 aliphatic heterocycles. The van der Waals surface area contributed by atoms with Crippen molar-refractivity contribution in [3.8, 4) is 0 Å². The molecule has 1 unspecified atom stereocenters. The first-order valence-electron chi connectivity index (χ1n) is 8.84. The molecule has 0 aliphatic carbocycles. The number of nitrogens with zero attached hydrogens (tertiary/aromatic N) is 1. The van der Waals surface area contributed by atoms with Crippen molar-refractivity contribution in [3.63, 3.8) is 0 Å². The van der Waals surface area contributed by atoms with E-state index in [2.05, 4.69) is 29.6 Å². The van der Waals surface area contributed by atoms with Gasteiger partial charge in [-0.2, -0.15) is 0 Å². The number of unbranched alkanes of at least 4 members (excludes halogenated alkanes) is 7. The van der Waals surface area contributed by atoms with E-state index in [0.717, 1.165) is 12.5 Å². The molecular formula is C18H35N2+. The number of nitrogens with one attached hydrogen (secondary N) is 1. The number of hydrogen-bond acceptors (Lipinski definition) is 0. The van der Waals surface area contributed by atoms with Crippen molar-refractivity contribution in [2.45, 2.75) is 91.0 Å². The Kier molecular flexibility index (Phi) is 10.3. The van der Waals surface area contributed by atoms with Crippen molar-refractivity contribution in [1.29, 1.82) is 0 Å². The minimum atomic E-state index is 0.898. The van der Waals surface area contributed by atoms with Gasteiger partial charge in [-0.15, -0.1) is 0 Å². The van der Waals surface area contributed by atoms with Gasteiger partial charge in [-0.3, -0.25) is 4.98 Å². The Morgan fingerprint density at radius 3 is 2.20 bits per heavy atom. The molecule has 1 heterocycles. The topological polar surface area (TPSA) is 19.7 Å². The first kappa shape index (κ1) is 17.3. The van der Waals surface area contributed by atoms with Crippen molar-refractivity contribution in [3.05, 3.63) is 18.7 Å². The highest BCUT2D eigenvalue weighted by Crippen LogP contribution is 2.16. The molecule has 2 nitrogen and oxygen atoms in total. The SMILES string of the molecule is CCCCCCCCCCC(C)CCC[n+]1cc[nH]c1. The second-order valence-corrected chi connectivity index (χ2v) is 6.36. The minimum absolute atomic E-state index is 0.898. The highest BCUT2D eigenvalue weighted by molar-refractivity contribution is 4.57. The molecule has 1 aromatic rings. The van der Waals surface area contributed by atoms with Crippen molar-refractivity contribution in [1.82, 2.24) is 4.98 Å². The third-order valence-corrected chi connectivity index (χ3v) is 4.27. The predicted molar refractivity (Wildman–Crippen MR) is 86.6 cm³/mol. The van der Waals surface area contributed by atoms with Crippen LogP contribution in [0, 0.1) is 5.92 Å². The molecule has 1 N–H and O–H groups in total. The first-order chi connectivity index (χ1) is 9.83. The lowest BCUT2D eigenvalue weighted by molar-refractivity contribution is -0.696. The zero-order valence-electron chi connectivity index (χ0n) is 13.7. The van der Waals surface area contributed by atoms with Crippen LogP contribution in [0.3, 0.4) is 0 Å². The molecule has 0 bridgehead atoms. The second-order valence-electron chi connectivity index (χ2n) is 6.36. The molecule has 1 atom stereocenters. The zero-order valence-corrected chi connectivity index (χ0v) is 13.7. The summed E-state index contributed by atoms with van der Waals surface area (Å²) in [6.07, 6.45) is 21.7. The summed E-state index contributed by atoms with van der Waals surface area (Å²) < 4.78 is 2.24. The van der Waals surface area contributed by atoms with Gasteiger partial charge in [-0.1, -0.05) is 71.6 Å². The molecule has 0 fully saturated rings. The molecular weight excluding hydrogens is 244 g/mol. The number of H-pyrrole nitrogens is 1. The molecule has 0 aromatic carbocycles. The Balaban J connectivity index is 1.84. The van der Waals surface area contributed by atoms with E-state index in [1.165, 1.54) is 70.6 Å². The molecule has 0 saturated heterocycles. The van der Waals surface area contributed by atoms with Gasteiger partial charge in [0.05, 0.1) is 6.54 Å². The highest BCUT2D eigenvalue weighted by atomic mass is 15.0. The van der Waals surface area contributed by atoms with Gasteiger partial charge in [-0.25, -0.2) is 4.57 Å². The Morgan fingerprint density at radius 1 is 0.900 bits per heavy atom. The normalized spacial score (nSPS) is 12.7. The van der Waals surface area contributed by atoms with Gasteiger partial charge in [0.25, 0.3) is 0 Å². The fourth-order valence-corrected chi connectivity index (χ4v) is 2.85. The number of rotatable bonds is 13. The smallest absolute Gasteiger partial charge is 0.241 e. The van der Waals surface area contributed by atoms with Gasteiger partial charge < -0.3 is 0 Å². The van der Waals surface area contributed by atoms with E-state index in [1.807, 2.05) is 12.5 Å². The van der Waals surface area contributed by atoms with Gasteiger partial charge in [0.1, 0.15) is 12.4 Å². The summed E-state index contributed by atoms with van der Waals surface area (Å²) in [6, 6.07) is 0. The maximum absolute atomic E-state index is 3.10. The van der Waals surface area contributed by atoms with Crippen molar-refractivity contribution in [2.75, 3.05) is 0 Å². The average Bonchev–Trinajstić information content (AvgIpc) is 2.95. The number of aromatic amines is 1.